The number of carbonyl (C=O) groups excluding carboxylic acids is 1. The number of hydrogen-bond donors (Lipinski definition) is 0. The second-order valence-corrected chi connectivity index (χ2v) is 4.60. The van der Waals surface area contributed by atoms with Gasteiger partial charge < -0.3 is 9.64 Å². The maximum Gasteiger partial charge on any atom is 0.257 e. The van der Waals surface area contributed by atoms with Gasteiger partial charge in [0, 0.05) is 19.2 Å². The van der Waals surface area contributed by atoms with E-state index in [0.29, 0.717) is 5.56 Å². The maximum absolute atomic E-state index is 13.6. The Balaban J connectivity index is 2.24. The van der Waals surface area contributed by atoms with E-state index in [1.807, 2.05) is 0 Å². The number of nitrogens with zero attached hydrogens (tertiary/aromatic N) is 1. The highest BCUT2D eigenvalue weighted by Gasteiger charge is 2.18. The fraction of sp³-hybridized carbons (Fsp3) is 0.188. The van der Waals surface area contributed by atoms with Gasteiger partial charge in [0.1, 0.15) is 17.4 Å². The molecule has 0 aliphatic heterocycles. The van der Waals surface area contributed by atoms with Crippen molar-refractivity contribution in [3.63, 3.8) is 0 Å². The average Bonchev–Trinajstić information content (AvgIpc) is 2.48. The van der Waals surface area contributed by atoms with Crippen LogP contribution in [0, 0.1) is 11.6 Å². The summed E-state index contributed by atoms with van der Waals surface area (Å²) in [5.74, 6) is -1.07. The fourth-order valence-corrected chi connectivity index (χ4v) is 2.01. The molecule has 1 amide bonds. The number of benzene rings is 2. The Morgan fingerprint density at radius 2 is 1.90 bits per heavy atom. The van der Waals surface area contributed by atoms with Gasteiger partial charge in [-0.2, -0.15) is 0 Å². The van der Waals surface area contributed by atoms with Crippen molar-refractivity contribution < 1.29 is 18.3 Å². The number of rotatable bonds is 4. The van der Waals surface area contributed by atoms with Crippen LogP contribution in [0.5, 0.6) is 5.75 Å². The van der Waals surface area contributed by atoms with Gasteiger partial charge in [-0.15, -0.1) is 0 Å². The summed E-state index contributed by atoms with van der Waals surface area (Å²) in [6.45, 7) is 0.0885. The van der Waals surface area contributed by atoms with Crippen LogP contribution in [0.2, 0.25) is 0 Å². The quantitative estimate of drug-likeness (QED) is 0.865. The Bertz CT molecular complexity index is 658. The zero-order valence-electron chi connectivity index (χ0n) is 11.8. The van der Waals surface area contributed by atoms with E-state index >= 15 is 0 Å². The molecule has 2 rings (SSSR count). The minimum absolute atomic E-state index is 0.0885. The number of carbonyl (C=O) groups is 1. The molecule has 3 nitrogen and oxygen atoms in total. The number of amides is 1. The molecule has 0 aromatic heterocycles. The van der Waals surface area contributed by atoms with Gasteiger partial charge in [0.2, 0.25) is 0 Å². The Morgan fingerprint density at radius 3 is 2.57 bits per heavy atom. The van der Waals surface area contributed by atoms with E-state index < -0.39 is 11.7 Å². The Kier molecular flexibility index (Phi) is 4.52. The molecule has 0 aliphatic rings. The van der Waals surface area contributed by atoms with Crippen LogP contribution in [0.1, 0.15) is 15.9 Å². The molecular weight excluding hydrogens is 276 g/mol. The van der Waals surface area contributed by atoms with Crippen LogP contribution in [-0.4, -0.2) is 25.0 Å². The van der Waals surface area contributed by atoms with E-state index in [1.54, 1.807) is 18.2 Å². The van der Waals surface area contributed by atoms with Crippen molar-refractivity contribution in [2.45, 2.75) is 6.54 Å². The maximum atomic E-state index is 13.6. The second-order valence-electron chi connectivity index (χ2n) is 4.60. The summed E-state index contributed by atoms with van der Waals surface area (Å²) in [5, 5.41) is 0. The van der Waals surface area contributed by atoms with Crippen molar-refractivity contribution in [1.29, 1.82) is 0 Å². The standard InChI is InChI=1S/C16H15F2NO2/c1-19(10-11-5-3-4-6-14(11)18)16(20)13-9-12(17)7-8-15(13)21-2/h3-9H,10H2,1-2H3. The predicted octanol–water partition coefficient (Wildman–Crippen LogP) is 3.25. The van der Waals surface area contributed by atoms with Gasteiger partial charge in [0.15, 0.2) is 0 Å². The molecule has 0 radical (unpaired) electrons. The molecule has 0 saturated heterocycles. The first-order valence-electron chi connectivity index (χ1n) is 6.35. The molecule has 2 aromatic carbocycles. The lowest BCUT2D eigenvalue weighted by molar-refractivity contribution is 0.0780. The summed E-state index contributed by atoms with van der Waals surface area (Å²) in [6.07, 6.45) is 0. The molecule has 0 spiro atoms. The first-order chi connectivity index (χ1) is 10.0. The monoisotopic (exact) mass is 291 g/mol. The van der Waals surface area contributed by atoms with E-state index in [1.165, 1.54) is 37.3 Å². The molecule has 0 heterocycles. The van der Waals surface area contributed by atoms with Crippen molar-refractivity contribution in [3.05, 3.63) is 65.2 Å². The van der Waals surface area contributed by atoms with Crippen LogP contribution in [0.15, 0.2) is 42.5 Å². The van der Waals surface area contributed by atoms with Crippen LogP contribution >= 0.6 is 0 Å². The summed E-state index contributed by atoms with van der Waals surface area (Å²) in [7, 11) is 2.93. The van der Waals surface area contributed by atoms with E-state index in [2.05, 4.69) is 0 Å². The molecular formula is C16H15F2NO2. The van der Waals surface area contributed by atoms with Crippen LogP contribution in [0.25, 0.3) is 0 Å². The largest absolute Gasteiger partial charge is 0.496 e. The Hall–Kier alpha value is -2.43. The van der Waals surface area contributed by atoms with E-state index in [9.17, 15) is 13.6 Å². The molecule has 0 fully saturated rings. The van der Waals surface area contributed by atoms with Gasteiger partial charge in [-0.1, -0.05) is 18.2 Å². The molecule has 0 N–H and O–H groups in total. The first-order valence-corrected chi connectivity index (χ1v) is 6.35. The predicted molar refractivity (Wildman–Crippen MR) is 75.1 cm³/mol. The average molecular weight is 291 g/mol. The highest BCUT2D eigenvalue weighted by atomic mass is 19.1. The van der Waals surface area contributed by atoms with Crippen molar-refractivity contribution in [2.24, 2.45) is 0 Å². The minimum Gasteiger partial charge on any atom is -0.496 e. The number of methoxy groups -OCH3 is 1. The minimum atomic E-state index is -0.529. The molecule has 21 heavy (non-hydrogen) atoms. The van der Waals surface area contributed by atoms with Crippen molar-refractivity contribution in [1.82, 2.24) is 4.90 Å². The molecule has 0 atom stereocenters. The molecule has 2 aromatic rings. The Labute approximate surface area is 121 Å². The van der Waals surface area contributed by atoms with Gasteiger partial charge in [0.05, 0.1) is 12.7 Å². The summed E-state index contributed by atoms with van der Waals surface area (Å²) < 4.78 is 32.0. The lowest BCUT2D eigenvalue weighted by Crippen LogP contribution is -2.27. The number of hydrogen-bond acceptors (Lipinski definition) is 2. The molecule has 0 unspecified atom stereocenters. The molecule has 0 bridgehead atoms. The molecule has 5 heteroatoms. The van der Waals surface area contributed by atoms with Gasteiger partial charge in [0.25, 0.3) is 5.91 Å². The van der Waals surface area contributed by atoms with Crippen LogP contribution < -0.4 is 4.74 Å². The second kappa shape index (κ2) is 6.35. The third kappa shape index (κ3) is 3.37. The van der Waals surface area contributed by atoms with Crippen molar-refractivity contribution in [2.75, 3.05) is 14.2 Å². The topological polar surface area (TPSA) is 29.5 Å². The van der Waals surface area contributed by atoms with Gasteiger partial charge >= 0.3 is 0 Å². The lowest BCUT2D eigenvalue weighted by Gasteiger charge is -2.19. The van der Waals surface area contributed by atoms with Gasteiger partial charge in [-0.25, -0.2) is 8.78 Å². The molecule has 0 aliphatic carbocycles. The first kappa shape index (κ1) is 15.0. The van der Waals surface area contributed by atoms with E-state index in [0.717, 1.165) is 6.07 Å². The molecule has 0 saturated carbocycles. The third-order valence-electron chi connectivity index (χ3n) is 3.10. The summed E-state index contributed by atoms with van der Waals surface area (Å²) in [5.41, 5.74) is 0.500. The van der Waals surface area contributed by atoms with E-state index in [-0.39, 0.29) is 23.7 Å². The number of halogens is 2. The van der Waals surface area contributed by atoms with Crippen molar-refractivity contribution in [3.8, 4) is 5.75 Å². The summed E-state index contributed by atoms with van der Waals surface area (Å²) >= 11 is 0. The highest BCUT2D eigenvalue weighted by molar-refractivity contribution is 5.96. The zero-order valence-corrected chi connectivity index (χ0v) is 11.8. The lowest BCUT2D eigenvalue weighted by atomic mass is 10.1. The van der Waals surface area contributed by atoms with E-state index in [4.69, 9.17) is 4.74 Å². The van der Waals surface area contributed by atoms with Gasteiger partial charge in [-0.05, 0) is 24.3 Å². The summed E-state index contributed by atoms with van der Waals surface area (Å²) in [4.78, 5) is 13.7. The van der Waals surface area contributed by atoms with Crippen molar-refractivity contribution >= 4 is 5.91 Å². The van der Waals surface area contributed by atoms with Crippen LogP contribution in [0.3, 0.4) is 0 Å². The highest BCUT2D eigenvalue weighted by Crippen LogP contribution is 2.21. The SMILES string of the molecule is COc1ccc(F)cc1C(=O)N(C)Cc1ccccc1F. The van der Waals surface area contributed by atoms with Crippen LogP contribution in [0.4, 0.5) is 8.78 Å². The number of ether oxygens (including phenoxy) is 1. The summed E-state index contributed by atoms with van der Waals surface area (Å²) in [6, 6.07) is 9.92. The van der Waals surface area contributed by atoms with Gasteiger partial charge in [-0.3, -0.25) is 4.79 Å². The smallest absolute Gasteiger partial charge is 0.257 e. The fourth-order valence-electron chi connectivity index (χ4n) is 2.01. The normalized spacial score (nSPS) is 10.3. The third-order valence-corrected chi connectivity index (χ3v) is 3.10. The van der Waals surface area contributed by atoms with Crippen LogP contribution in [-0.2, 0) is 6.54 Å². The molecule has 110 valence electrons. The zero-order chi connectivity index (χ0) is 15.4. The Morgan fingerprint density at radius 1 is 1.19 bits per heavy atom.